The Labute approximate surface area is 111 Å². The van der Waals surface area contributed by atoms with E-state index >= 15 is 0 Å². The van der Waals surface area contributed by atoms with E-state index in [9.17, 15) is 0 Å². The molecule has 1 fully saturated rings. The highest BCUT2D eigenvalue weighted by Crippen LogP contribution is 2.28. The maximum Gasteiger partial charge on any atom is 0.0908 e. The molecule has 0 radical (unpaired) electrons. The molecule has 1 aromatic heterocycles. The Hall–Kier alpha value is -1.32. The molecule has 1 unspecified atom stereocenters. The van der Waals surface area contributed by atoms with E-state index < -0.39 is 0 Å². The van der Waals surface area contributed by atoms with Gasteiger partial charge in [0.2, 0.25) is 0 Å². The van der Waals surface area contributed by atoms with Gasteiger partial charge >= 0.3 is 0 Å². The number of anilines is 1. The van der Waals surface area contributed by atoms with Crippen molar-refractivity contribution >= 4 is 28.2 Å². The number of halogens is 1. The van der Waals surface area contributed by atoms with Gasteiger partial charge < -0.3 is 10.1 Å². The Balaban J connectivity index is 1.85. The van der Waals surface area contributed by atoms with Gasteiger partial charge in [0.25, 0.3) is 0 Å². The van der Waals surface area contributed by atoms with Gasteiger partial charge in [0.1, 0.15) is 0 Å². The first-order chi connectivity index (χ1) is 8.84. The quantitative estimate of drug-likeness (QED) is 0.921. The second-order valence-electron chi connectivity index (χ2n) is 4.61. The second kappa shape index (κ2) is 5.12. The van der Waals surface area contributed by atoms with E-state index in [1.165, 1.54) is 0 Å². The number of aromatic nitrogens is 1. The van der Waals surface area contributed by atoms with Gasteiger partial charge in [0.15, 0.2) is 0 Å². The van der Waals surface area contributed by atoms with E-state index in [2.05, 4.69) is 10.3 Å². The standard InChI is InChI=1S/C14H15ClN2O/c15-12-3-4-13(11-2-1-6-16-14(11)12)17-8-10-5-7-18-9-10/h1-4,6,10,17H,5,7-9H2. The molecule has 3 nitrogen and oxygen atoms in total. The molecule has 0 spiro atoms. The molecule has 1 aliphatic heterocycles. The van der Waals surface area contributed by atoms with Crippen LogP contribution < -0.4 is 5.32 Å². The van der Waals surface area contributed by atoms with Crippen LogP contribution in [0.4, 0.5) is 5.69 Å². The van der Waals surface area contributed by atoms with Gasteiger partial charge in [-0.3, -0.25) is 4.98 Å². The lowest BCUT2D eigenvalue weighted by Gasteiger charge is -2.13. The first-order valence-corrected chi connectivity index (χ1v) is 6.57. The summed E-state index contributed by atoms with van der Waals surface area (Å²) in [5.74, 6) is 0.604. The van der Waals surface area contributed by atoms with Crippen molar-refractivity contribution in [2.45, 2.75) is 6.42 Å². The zero-order valence-corrected chi connectivity index (χ0v) is 10.8. The van der Waals surface area contributed by atoms with E-state index in [4.69, 9.17) is 16.3 Å². The van der Waals surface area contributed by atoms with Crippen LogP contribution in [-0.2, 0) is 4.74 Å². The summed E-state index contributed by atoms with van der Waals surface area (Å²) in [4.78, 5) is 4.32. The number of pyridine rings is 1. The van der Waals surface area contributed by atoms with Crippen LogP contribution in [0.3, 0.4) is 0 Å². The SMILES string of the molecule is Clc1ccc(NCC2CCOC2)c2cccnc12. The monoisotopic (exact) mass is 262 g/mol. The van der Waals surface area contributed by atoms with Crippen LogP contribution in [0.1, 0.15) is 6.42 Å². The fourth-order valence-electron chi connectivity index (χ4n) is 2.29. The van der Waals surface area contributed by atoms with Crippen LogP contribution >= 0.6 is 11.6 Å². The highest BCUT2D eigenvalue weighted by molar-refractivity contribution is 6.35. The van der Waals surface area contributed by atoms with Crippen molar-refractivity contribution in [2.75, 3.05) is 25.1 Å². The number of hydrogen-bond donors (Lipinski definition) is 1. The smallest absolute Gasteiger partial charge is 0.0908 e. The summed E-state index contributed by atoms with van der Waals surface area (Å²) >= 11 is 6.15. The van der Waals surface area contributed by atoms with Crippen LogP contribution in [0.2, 0.25) is 5.02 Å². The first kappa shape index (κ1) is 11.8. The van der Waals surface area contributed by atoms with Crippen LogP contribution in [0.25, 0.3) is 10.9 Å². The molecule has 0 aliphatic carbocycles. The van der Waals surface area contributed by atoms with Gasteiger partial charge in [0.05, 0.1) is 17.1 Å². The van der Waals surface area contributed by atoms with Gasteiger partial charge in [0, 0.05) is 36.3 Å². The molecule has 0 saturated carbocycles. The molecule has 1 saturated heterocycles. The Morgan fingerprint density at radius 3 is 3.17 bits per heavy atom. The minimum Gasteiger partial charge on any atom is -0.384 e. The van der Waals surface area contributed by atoms with Gasteiger partial charge in [-0.2, -0.15) is 0 Å². The lowest BCUT2D eigenvalue weighted by atomic mass is 10.1. The molecule has 1 aromatic carbocycles. The highest BCUT2D eigenvalue weighted by atomic mass is 35.5. The second-order valence-corrected chi connectivity index (χ2v) is 5.01. The number of fused-ring (bicyclic) bond motifs is 1. The molecular formula is C14H15ClN2O. The Morgan fingerprint density at radius 1 is 1.39 bits per heavy atom. The van der Waals surface area contributed by atoms with Gasteiger partial charge in [-0.05, 0) is 30.7 Å². The molecular weight excluding hydrogens is 248 g/mol. The van der Waals surface area contributed by atoms with E-state index in [0.717, 1.165) is 42.8 Å². The third kappa shape index (κ3) is 2.28. The third-order valence-corrected chi connectivity index (χ3v) is 3.63. The van der Waals surface area contributed by atoms with Crippen LogP contribution in [0.15, 0.2) is 30.5 Å². The molecule has 18 heavy (non-hydrogen) atoms. The minimum atomic E-state index is 0.604. The highest BCUT2D eigenvalue weighted by Gasteiger charge is 2.15. The summed E-state index contributed by atoms with van der Waals surface area (Å²) in [5, 5.41) is 5.25. The van der Waals surface area contributed by atoms with Gasteiger partial charge in [-0.1, -0.05) is 11.6 Å². The first-order valence-electron chi connectivity index (χ1n) is 6.19. The Bertz CT molecular complexity index is 552. The van der Waals surface area contributed by atoms with Crippen molar-refractivity contribution in [3.05, 3.63) is 35.5 Å². The van der Waals surface area contributed by atoms with E-state index in [1.54, 1.807) is 6.20 Å². The summed E-state index contributed by atoms with van der Waals surface area (Å²) in [6.45, 7) is 2.68. The van der Waals surface area contributed by atoms with Gasteiger partial charge in [-0.15, -0.1) is 0 Å². The van der Waals surface area contributed by atoms with Crippen LogP contribution in [0, 0.1) is 5.92 Å². The van der Waals surface area contributed by atoms with Crippen LogP contribution in [-0.4, -0.2) is 24.7 Å². The van der Waals surface area contributed by atoms with Crippen molar-refractivity contribution in [3.8, 4) is 0 Å². The average Bonchev–Trinajstić information content (AvgIpc) is 2.92. The summed E-state index contributed by atoms with van der Waals surface area (Å²) in [6.07, 6.45) is 2.90. The van der Waals surface area contributed by atoms with E-state index in [0.29, 0.717) is 10.9 Å². The normalized spacial score (nSPS) is 19.3. The molecule has 94 valence electrons. The summed E-state index contributed by atoms with van der Waals surface area (Å²) in [6, 6.07) is 7.89. The van der Waals surface area contributed by atoms with Crippen molar-refractivity contribution in [1.82, 2.24) is 4.98 Å². The Kier molecular flexibility index (Phi) is 3.35. The largest absolute Gasteiger partial charge is 0.384 e. The molecule has 3 rings (SSSR count). The predicted molar refractivity (Wildman–Crippen MR) is 74.2 cm³/mol. The lowest BCUT2D eigenvalue weighted by Crippen LogP contribution is -2.14. The predicted octanol–water partition coefficient (Wildman–Crippen LogP) is 3.34. The van der Waals surface area contributed by atoms with Crippen molar-refractivity contribution in [1.29, 1.82) is 0 Å². The van der Waals surface area contributed by atoms with Crippen LogP contribution in [0.5, 0.6) is 0 Å². The fourth-order valence-corrected chi connectivity index (χ4v) is 2.50. The molecule has 0 amide bonds. The lowest BCUT2D eigenvalue weighted by molar-refractivity contribution is 0.187. The van der Waals surface area contributed by atoms with E-state index in [-0.39, 0.29) is 0 Å². The number of nitrogens with zero attached hydrogens (tertiary/aromatic N) is 1. The summed E-state index contributed by atoms with van der Waals surface area (Å²) in [5.41, 5.74) is 1.95. The molecule has 4 heteroatoms. The Morgan fingerprint density at radius 2 is 2.33 bits per heavy atom. The number of rotatable bonds is 3. The molecule has 2 aromatic rings. The zero-order chi connectivity index (χ0) is 12.4. The number of hydrogen-bond acceptors (Lipinski definition) is 3. The maximum absolute atomic E-state index is 6.15. The van der Waals surface area contributed by atoms with Crippen molar-refractivity contribution < 1.29 is 4.74 Å². The number of nitrogens with one attached hydrogen (secondary N) is 1. The van der Waals surface area contributed by atoms with Gasteiger partial charge in [-0.25, -0.2) is 0 Å². The van der Waals surface area contributed by atoms with Crippen molar-refractivity contribution in [3.63, 3.8) is 0 Å². The molecule has 2 heterocycles. The molecule has 1 aliphatic rings. The average molecular weight is 263 g/mol. The molecule has 0 bridgehead atoms. The third-order valence-electron chi connectivity index (χ3n) is 3.33. The topological polar surface area (TPSA) is 34.1 Å². The summed E-state index contributed by atoms with van der Waals surface area (Å²) in [7, 11) is 0. The minimum absolute atomic E-state index is 0.604. The van der Waals surface area contributed by atoms with Crippen molar-refractivity contribution in [2.24, 2.45) is 5.92 Å². The van der Waals surface area contributed by atoms with E-state index in [1.807, 2.05) is 24.3 Å². The zero-order valence-electron chi connectivity index (χ0n) is 10.0. The molecule has 1 atom stereocenters. The molecule has 1 N–H and O–H groups in total. The summed E-state index contributed by atoms with van der Waals surface area (Å²) < 4.78 is 5.38. The fraction of sp³-hybridized carbons (Fsp3) is 0.357. The number of benzene rings is 1. The maximum atomic E-state index is 6.15. The number of ether oxygens (including phenoxy) is 1.